The molecule has 0 saturated carbocycles. The quantitative estimate of drug-likeness (QED) is 0.590. The molecule has 0 aliphatic rings. The maximum absolute atomic E-state index is 12.3. The van der Waals surface area contributed by atoms with Crippen LogP contribution in [0.5, 0.6) is 11.5 Å². The molecule has 8 heteroatoms. The molecule has 0 bridgehead atoms. The van der Waals surface area contributed by atoms with Crippen LogP contribution < -0.4 is 14.8 Å². The van der Waals surface area contributed by atoms with Gasteiger partial charge in [0.05, 0.1) is 19.9 Å². The molecule has 0 atom stereocenters. The number of carbonyl (C=O) groups excluding carboxylic acids is 1. The average molecular weight is 425 g/mol. The number of amides is 1. The molecule has 0 saturated heterocycles. The normalized spacial score (nSPS) is 10.1. The van der Waals surface area contributed by atoms with Crippen LogP contribution in [0.2, 0.25) is 5.02 Å². The lowest BCUT2D eigenvalue weighted by Gasteiger charge is -2.08. The summed E-state index contributed by atoms with van der Waals surface area (Å²) in [6.07, 6.45) is 0. The number of ether oxygens (including phenoxy) is 2. The number of carbonyl (C=O) groups is 1. The van der Waals surface area contributed by atoms with Gasteiger partial charge in [0.25, 0.3) is 5.91 Å². The van der Waals surface area contributed by atoms with E-state index in [2.05, 4.69) is 10.3 Å². The molecule has 27 heavy (non-hydrogen) atoms. The summed E-state index contributed by atoms with van der Waals surface area (Å²) in [6.45, 7) is 1.96. The first-order valence-corrected chi connectivity index (χ1v) is 8.98. The number of thiazole rings is 1. The van der Waals surface area contributed by atoms with E-state index in [0.29, 0.717) is 27.2 Å². The van der Waals surface area contributed by atoms with Crippen molar-refractivity contribution in [3.63, 3.8) is 0 Å². The molecule has 1 amide bonds. The molecular formula is C19H18Cl2N2O3S. The Bertz CT molecular complexity index is 943. The van der Waals surface area contributed by atoms with Crippen LogP contribution in [-0.4, -0.2) is 25.1 Å². The van der Waals surface area contributed by atoms with Gasteiger partial charge in [-0.15, -0.1) is 23.7 Å². The van der Waals surface area contributed by atoms with Crippen molar-refractivity contribution >= 4 is 46.4 Å². The molecule has 0 spiro atoms. The third-order valence-electron chi connectivity index (χ3n) is 3.78. The van der Waals surface area contributed by atoms with Gasteiger partial charge in [0.1, 0.15) is 0 Å². The molecule has 0 fully saturated rings. The van der Waals surface area contributed by atoms with Crippen molar-refractivity contribution in [2.24, 2.45) is 0 Å². The van der Waals surface area contributed by atoms with Gasteiger partial charge < -0.3 is 9.47 Å². The Morgan fingerprint density at radius 3 is 2.37 bits per heavy atom. The number of nitrogens with one attached hydrogen (secondary N) is 1. The maximum Gasteiger partial charge on any atom is 0.257 e. The highest BCUT2D eigenvalue weighted by Crippen LogP contribution is 2.36. The second-order valence-electron chi connectivity index (χ2n) is 5.45. The van der Waals surface area contributed by atoms with E-state index in [1.165, 1.54) is 11.3 Å². The predicted octanol–water partition coefficient (Wildman–Crippen LogP) is 5.46. The molecule has 1 aromatic heterocycles. The van der Waals surface area contributed by atoms with Crippen LogP contribution >= 0.6 is 35.3 Å². The number of benzene rings is 2. The van der Waals surface area contributed by atoms with E-state index < -0.39 is 0 Å². The number of methoxy groups -OCH3 is 2. The van der Waals surface area contributed by atoms with E-state index >= 15 is 0 Å². The molecule has 1 N–H and O–H groups in total. The van der Waals surface area contributed by atoms with Gasteiger partial charge in [-0.1, -0.05) is 11.6 Å². The summed E-state index contributed by atoms with van der Waals surface area (Å²) in [5.74, 6) is 1.05. The summed E-state index contributed by atoms with van der Waals surface area (Å²) in [5.41, 5.74) is 2.21. The third kappa shape index (κ3) is 4.71. The molecule has 3 aromatic rings. The van der Waals surface area contributed by atoms with Crippen molar-refractivity contribution in [1.82, 2.24) is 4.98 Å². The second-order valence-corrected chi connectivity index (χ2v) is 7.09. The van der Waals surface area contributed by atoms with Crippen molar-refractivity contribution in [3.8, 4) is 22.8 Å². The number of anilines is 1. The summed E-state index contributed by atoms with van der Waals surface area (Å²) >= 11 is 7.27. The Labute approximate surface area is 172 Å². The van der Waals surface area contributed by atoms with E-state index in [0.717, 1.165) is 16.1 Å². The van der Waals surface area contributed by atoms with E-state index in [9.17, 15) is 4.79 Å². The van der Waals surface area contributed by atoms with Crippen LogP contribution in [0.1, 0.15) is 15.2 Å². The number of hydrogen-bond donors (Lipinski definition) is 1. The van der Waals surface area contributed by atoms with Crippen LogP contribution in [0, 0.1) is 6.92 Å². The summed E-state index contributed by atoms with van der Waals surface area (Å²) in [5, 5.41) is 3.95. The van der Waals surface area contributed by atoms with Crippen LogP contribution in [-0.2, 0) is 0 Å². The summed E-state index contributed by atoms with van der Waals surface area (Å²) in [7, 11) is 3.18. The van der Waals surface area contributed by atoms with Gasteiger partial charge in [-0.3, -0.25) is 10.1 Å². The summed E-state index contributed by atoms with van der Waals surface area (Å²) in [4.78, 5) is 17.9. The standard InChI is InChI=1S/C19H17ClN2O3S.ClH/c1-11-17(13-6-9-15(24-2)16(10-13)25-3)21-19(26-11)22-18(23)12-4-7-14(20)8-5-12;/h4-10H,1-3H3,(H,21,22,23);1H. The molecule has 2 aromatic carbocycles. The largest absolute Gasteiger partial charge is 0.493 e. The smallest absolute Gasteiger partial charge is 0.257 e. The van der Waals surface area contributed by atoms with Gasteiger partial charge in [0, 0.05) is 21.0 Å². The SMILES string of the molecule is COc1ccc(-c2nc(NC(=O)c3ccc(Cl)cc3)sc2C)cc1OC.Cl. The molecule has 5 nitrogen and oxygen atoms in total. The van der Waals surface area contributed by atoms with Gasteiger partial charge in [0.15, 0.2) is 16.6 Å². The van der Waals surface area contributed by atoms with Gasteiger partial charge in [0.2, 0.25) is 0 Å². The number of rotatable bonds is 5. The Morgan fingerprint density at radius 1 is 1.07 bits per heavy atom. The predicted molar refractivity (Wildman–Crippen MR) is 112 cm³/mol. The number of hydrogen-bond acceptors (Lipinski definition) is 5. The van der Waals surface area contributed by atoms with Crippen molar-refractivity contribution in [2.75, 3.05) is 19.5 Å². The van der Waals surface area contributed by atoms with Crippen molar-refractivity contribution < 1.29 is 14.3 Å². The molecule has 0 aliphatic carbocycles. The lowest BCUT2D eigenvalue weighted by molar-refractivity contribution is 0.102. The Kier molecular flexibility index (Phi) is 7.07. The van der Waals surface area contributed by atoms with Crippen molar-refractivity contribution in [2.45, 2.75) is 6.92 Å². The van der Waals surface area contributed by atoms with Gasteiger partial charge in [-0.05, 0) is 49.4 Å². The molecule has 0 radical (unpaired) electrons. The maximum atomic E-state index is 12.3. The number of nitrogens with zero attached hydrogens (tertiary/aromatic N) is 1. The zero-order valence-corrected chi connectivity index (χ0v) is 17.3. The van der Waals surface area contributed by atoms with Crippen molar-refractivity contribution in [3.05, 3.63) is 57.9 Å². The number of aromatic nitrogens is 1. The van der Waals surface area contributed by atoms with Crippen molar-refractivity contribution in [1.29, 1.82) is 0 Å². The Balaban J connectivity index is 0.00000261. The number of halogens is 2. The first kappa shape index (κ1) is 21.0. The van der Waals surface area contributed by atoms with Crippen LogP contribution in [0.25, 0.3) is 11.3 Å². The van der Waals surface area contributed by atoms with E-state index in [4.69, 9.17) is 21.1 Å². The fourth-order valence-electron chi connectivity index (χ4n) is 2.47. The summed E-state index contributed by atoms with van der Waals surface area (Å²) in [6, 6.07) is 12.3. The zero-order valence-electron chi connectivity index (χ0n) is 14.9. The van der Waals surface area contributed by atoms with Crippen LogP contribution in [0.4, 0.5) is 5.13 Å². The van der Waals surface area contributed by atoms with E-state index in [1.807, 2.05) is 25.1 Å². The Morgan fingerprint density at radius 2 is 1.74 bits per heavy atom. The highest BCUT2D eigenvalue weighted by atomic mass is 35.5. The number of aryl methyl sites for hydroxylation is 1. The van der Waals surface area contributed by atoms with Crippen LogP contribution in [0.3, 0.4) is 0 Å². The van der Waals surface area contributed by atoms with Gasteiger partial charge >= 0.3 is 0 Å². The third-order valence-corrected chi connectivity index (χ3v) is 4.92. The molecule has 3 rings (SSSR count). The fraction of sp³-hybridized carbons (Fsp3) is 0.158. The minimum Gasteiger partial charge on any atom is -0.493 e. The molecule has 0 aliphatic heterocycles. The monoisotopic (exact) mass is 424 g/mol. The van der Waals surface area contributed by atoms with Gasteiger partial charge in [-0.2, -0.15) is 0 Å². The topological polar surface area (TPSA) is 60.5 Å². The highest BCUT2D eigenvalue weighted by Gasteiger charge is 2.15. The fourth-order valence-corrected chi connectivity index (χ4v) is 3.43. The van der Waals surface area contributed by atoms with Gasteiger partial charge in [-0.25, -0.2) is 4.98 Å². The average Bonchev–Trinajstić information content (AvgIpc) is 3.01. The lowest BCUT2D eigenvalue weighted by Crippen LogP contribution is -2.11. The minimum atomic E-state index is -0.228. The summed E-state index contributed by atoms with van der Waals surface area (Å²) < 4.78 is 10.6. The first-order chi connectivity index (χ1) is 12.5. The molecule has 0 unspecified atom stereocenters. The molecule has 1 heterocycles. The molecule has 142 valence electrons. The van der Waals surface area contributed by atoms with E-state index in [1.54, 1.807) is 38.5 Å². The first-order valence-electron chi connectivity index (χ1n) is 7.78. The van der Waals surface area contributed by atoms with E-state index in [-0.39, 0.29) is 18.3 Å². The van der Waals surface area contributed by atoms with Crippen LogP contribution in [0.15, 0.2) is 42.5 Å². The zero-order chi connectivity index (χ0) is 18.7. The Hall–Kier alpha value is -2.28. The molecular weight excluding hydrogens is 407 g/mol. The highest BCUT2D eigenvalue weighted by molar-refractivity contribution is 7.16. The lowest BCUT2D eigenvalue weighted by atomic mass is 10.1. The second kappa shape index (κ2) is 9.08. The minimum absolute atomic E-state index is 0.